The third-order valence-corrected chi connectivity index (χ3v) is 3.33. The molecule has 1 aromatic rings. The Balaban J connectivity index is 2.80. The quantitative estimate of drug-likeness (QED) is 0.541. The number of carbonyl (C=O) groups is 2. The Labute approximate surface area is 148 Å². The minimum Gasteiger partial charge on any atom is -0.478 e. The zero-order valence-corrected chi connectivity index (χ0v) is 15.3. The third kappa shape index (κ3) is 7.08. The van der Waals surface area contributed by atoms with Crippen molar-refractivity contribution in [2.24, 2.45) is 5.41 Å². The molecule has 0 bridgehead atoms. The van der Waals surface area contributed by atoms with E-state index in [-0.39, 0.29) is 22.1 Å². The summed E-state index contributed by atoms with van der Waals surface area (Å²) in [5.74, 6) is -1.59. The lowest BCUT2D eigenvalue weighted by atomic mass is 9.82. The fourth-order valence-electron chi connectivity index (χ4n) is 2.69. The molecule has 6 nitrogen and oxygen atoms in total. The van der Waals surface area contributed by atoms with Crippen molar-refractivity contribution in [2.45, 2.75) is 46.6 Å². The van der Waals surface area contributed by atoms with Crippen LogP contribution in [-0.4, -0.2) is 22.5 Å². The number of nitrogens with zero attached hydrogens (tertiary/aromatic N) is 1. The lowest BCUT2D eigenvalue weighted by Gasteiger charge is -2.33. The van der Waals surface area contributed by atoms with Gasteiger partial charge in [0, 0.05) is 17.4 Å². The van der Waals surface area contributed by atoms with Gasteiger partial charge in [-0.05, 0) is 49.9 Å². The Morgan fingerprint density at radius 3 is 2.16 bits per heavy atom. The Hall–Kier alpha value is -2.81. The van der Waals surface area contributed by atoms with Gasteiger partial charge in [0.15, 0.2) is 0 Å². The molecule has 1 rings (SSSR count). The third-order valence-electron chi connectivity index (χ3n) is 3.33. The normalized spacial score (nSPS) is 12.2. The summed E-state index contributed by atoms with van der Waals surface area (Å²) in [6, 6.07) is 7.61. The highest BCUT2D eigenvalue weighted by Gasteiger charge is 2.24. The number of aromatic carboxylic acids is 1. The Morgan fingerprint density at radius 2 is 1.72 bits per heavy atom. The minimum absolute atomic E-state index is 0.0516. The fourth-order valence-corrected chi connectivity index (χ4v) is 2.69. The fraction of sp³-hybridized carbons (Fsp3) is 0.421. The van der Waals surface area contributed by atoms with Gasteiger partial charge in [0.1, 0.15) is 11.6 Å². The van der Waals surface area contributed by atoms with Crippen LogP contribution in [0.3, 0.4) is 0 Å². The molecule has 0 aliphatic rings. The molecule has 6 heteroatoms. The second-order valence-corrected chi connectivity index (χ2v) is 7.77. The molecule has 0 atom stereocenters. The topological polar surface area (TPSA) is 102 Å². The van der Waals surface area contributed by atoms with E-state index >= 15 is 0 Å². The smallest absolute Gasteiger partial charge is 0.335 e. The molecule has 0 unspecified atom stereocenters. The van der Waals surface area contributed by atoms with Crippen molar-refractivity contribution < 1.29 is 14.7 Å². The summed E-state index contributed by atoms with van der Waals surface area (Å²) in [7, 11) is 0. The van der Waals surface area contributed by atoms with E-state index in [1.165, 1.54) is 30.5 Å². The number of nitriles is 1. The van der Waals surface area contributed by atoms with E-state index in [9.17, 15) is 14.9 Å². The van der Waals surface area contributed by atoms with Crippen LogP contribution >= 0.6 is 0 Å². The summed E-state index contributed by atoms with van der Waals surface area (Å²) in [6.45, 7) is 10.4. The number of benzene rings is 1. The van der Waals surface area contributed by atoms with Gasteiger partial charge in [0.25, 0.3) is 5.91 Å². The summed E-state index contributed by atoms with van der Waals surface area (Å²) in [5.41, 5.74) is 0.323. The van der Waals surface area contributed by atoms with Crippen LogP contribution in [0.15, 0.2) is 36.0 Å². The van der Waals surface area contributed by atoms with Crippen molar-refractivity contribution in [3.05, 3.63) is 41.6 Å². The van der Waals surface area contributed by atoms with Crippen LogP contribution in [0.5, 0.6) is 0 Å². The molecule has 0 fully saturated rings. The van der Waals surface area contributed by atoms with E-state index in [0.29, 0.717) is 5.69 Å². The Bertz CT molecular complexity index is 705. The van der Waals surface area contributed by atoms with Crippen LogP contribution in [0.2, 0.25) is 0 Å². The lowest BCUT2D eigenvalue weighted by Crippen LogP contribution is -2.39. The van der Waals surface area contributed by atoms with Gasteiger partial charge in [0.2, 0.25) is 0 Å². The standard InChI is InChI=1S/C19H25N3O3/c1-18(2,3)12-19(4,5)21-11-14(10-20)16(23)22-15-8-6-13(7-9-15)17(24)25/h6-9,11,21H,12H2,1-5H3,(H,22,23)(H,24,25)/b14-11-. The van der Waals surface area contributed by atoms with Crippen molar-refractivity contribution in [1.29, 1.82) is 5.26 Å². The van der Waals surface area contributed by atoms with Gasteiger partial charge in [0.05, 0.1) is 5.56 Å². The molecule has 134 valence electrons. The van der Waals surface area contributed by atoms with Gasteiger partial charge < -0.3 is 15.7 Å². The number of hydrogen-bond donors (Lipinski definition) is 3. The van der Waals surface area contributed by atoms with E-state index in [1.54, 1.807) is 0 Å². The molecule has 0 saturated heterocycles. The second kappa shape index (κ2) is 7.84. The molecule has 0 radical (unpaired) electrons. The maximum atomic E-state index is 12.2. The van der Waals surface area contributed by atoms with Crippen LogP contribution in [0.25, 0.3) is 0 Å². The first-order chi connectivity index (χ1) is 11.4. The molecular formula is C19H25N3O3. The van der Waals surface area contributed by atoms with Gasteiger partial charge in [-0.15, -0.1) is 0 Å². The molecule has 0 heterocycles. The highest BCUT2D eigenvalue weighted by molar-refractivity contribution is 6.06. The second-order valence-electron chi connectivity index (χ2n) is 7.77. The van der Waals surface area contributed by atoms with Crippen LogP contribution in [0.1, 0.15) is 51.4 Å². The monoisotopic (exact) mass is 343 g/mol. The molecule has 0 aliphatic heterocycles. The molecule has 25 heavy (non-hydrogen) atoms. The van der Waals surface area contributed by atoms with Crippen molar-refractivity contribution in [3.63, 3.8) is 0 Å². The molecular weight excluding hydrogens is 318 g/mol. The molecule has 1 amide bonds. The van der Waals surface area contributed by atoms with E-state index in [1.807, 2.05) is 19.9 Å². The first kappa shape index (κ1) is 20.2. The largest absolute Gasteiger partial charge is 0.478 e. The zero-order chi connectivity index (χ0) is 19.3. The molecule has 0 saturated carbocycles. The van der Waals surface area contributed by atoms with Gasteiger partial charge in [-0.25, -0.2) is 4.79 Å². The first-order valence-electron chi connectivity index (χ1n) is 7.96. The average Bonchev–Trinajstić information content (AvgIpc) is 2.45. The predicted molar refractivity (Wildman–Crippen MR) is 97.0 cm³/mol. The molecule has 0 aromatic heterocycles. The van der Waals surface area contributed by atoms with Gasteiger partial charge in [-0.3, -0.25) is 4.79 Å². The van der Waals surface area contributed by atoms with E-state index < -0.39 is 11.9 Å². The van der Waals surface area contributed by atoms with Crippen LogP contribution in [0, 0.1) is 16.7 Å². The number of rotatable bonds is 6. The average molecular weight is 343 g/mol. The van der Waals surface area contributed by atoms with Crippen LogP contribution < -0.4 is 10.6 Å². The highest BCUT2D eigenvalue weighted by Crippen LogP contribution is 2.26. The number of carboxylic acid groups (broad SMARTS) is 1. The first-order valence-corrected chi connectivity index (χ1v) is 7.96. The van der Waals surface area contributed by atoms with E-state index in [2.05, 4.69) is 31.4 Å². The summed E-state index contributed by atoms with van der Waals surface area (Å²) >= 11 is 0. The van der Waals surface area contributed by atoms with Gasteiger partial charge in [-0.2, -0.15) is 5.26 Å². The van der Waals surface area contributed by atoms with Crippen LogP contribution in [-0.2, 0) is 4.79 Å². The molecule has 0 aliphatic carbocycles. The summed E-state index contributed by atoms with van der Waals surface area (Å²) < 4.78 is 0. The summed E-state index contributed by atoms with van der Waals surface area (Å²) in [6.07, 6.45) is 2.28. The van der Waals surface area contributed by atoms with Crippen molar-refractivity contribution in [2.75, 3.05) is 5.32 Å². The van der Waals surface area contributed by atoms with Gasteiger partial charge in [-0.1, -0.05) is 20.8 Å². The number of anilines is 1. The predicted octanol–water partition coefficient (Wildman–Crippen LogP) is 3.54. The number of amides is 1. The molecule has 3 N–H and O–H groups in total. The number of carbonyl (C=O) groups excluding carboxylic acids is 1. The maximum absolute atomic E-state index is 12.2. The SMILES string of the molecule is CC(C)(C)CC(C)(C)N/C=C(/C#N)C(=O)Nc1ccc(C(=O)O)cc1. The minimum atomic E-state index is -1.04. The number of nitrogens with one attached hydrogen (secondary N) is 2. The summed E-state index contributed by atoms with van der Waals surface area (Å²) in [4.78, 5) is 23.0. The lowest BCUT2D eigenvalue weighted by molar-refractivity contribution is -0.112. The van der Waals surface area contributed by atoms with E-state index in [4.69, 9.17) is 5.11 Å². The molecule has 1 aromatic carbocycles. The van der Waals surface area contributed by atoms with Crippen molar-refractivity contribution in [1.82, 2.24) is 5.32 Å². The zero-order valence-electron chi connectivity index (χ0n) is 15.3. The Morgan fingerprint density at radius 1 is 1.16 bits per heavy atom. The Kier molecular flexibility index (Phi) is 6.35. The van der Waals surface area contributed by atoms with Gasteiger partial charge >= 0.3 is 5.97 Å². The maximum Gasteiger partial charge on any atom is 0.335 e. The number of carboxylic acids is 1. The summed E-state index contributed by atoms with van der Waals surface area (Å²) in [5, 5.41) is 23.8. The number of hydrogen-bond acceptors (Lipinski definition) is 4. The van der Waals surface area contributed by atoms with Crippen molar-refractivity contribution in [3.8, 4) is 6.07 Å². The van der Waals surface area contributed by atoms with E-state index in [0.717, 1.165) is 6.42 Å². The van der Waals surface area contributed by atoms with Crippen LogP contribution in [0.4, 0.5) is 5.69 Å². The highest BCUT2D eigenvalue weighted by atomic mass is 16.4. The van der Waals surface area contributed by atoms with Crippen molar-refractivity contribution >= 4 is 17.6 Å². The molecule has 0 spiro atoms.